The van der Waals surface area contributed by atoms with Crippen LogP contribution in [0, 0.1) is 10.1 Å². The van der Waals surface area contributed by atoms with Gasteiger partial charge in [-0.25, -0.2) is 0 Å². The summed E-state index contributed by atoms with van der Waals surface area (Å²) >= 11 is 0. The van der Waals surface area contributed by atoms with Gasteiger partial charge in [-0.1, -0.05) is 30.3 Å². The van der Waals surface area contributed by atoms with Crippen molar-refractivity contribution < 1.29 is 9.66 Å². The van der Waals surface area contributed by atoms with Crippen molar-refractivity contribution in [1.29, 1.82) is 0 Å². The van der Waals surface area contributed by atoms with Crippen LogP contribution in [0.15, 0.2) is 54.6 Å². The maximum Gasteiger partial charge on any atom is 0.269 e. The molecule has 0 bridgehead atoms. The standard InChI is InChI=1S/C18H23N3O3.ClH/c19-11-13-20(12-10-16-4-2-1-3-5-16)14-15-24-18-8-6-17(7-9-18)21(22)23;/h1-9H,10-15,19H2;1H. The van der Waals surface area contributed by atoms with Crippen LogP contribution in [0.1, 0.15) is 5.56 Å². The maximum absolute atomic E-state index is 10.6. The molecule has 0 amide bonds. The lowest BCUT2D eigenvalue weighted by molar-refractivity contribution is -0.384. The van der Waals surface area contributed by atoms with Gasteiger partial charge in [0, 0.05) is 38.3 Å². The first-order chi connectivity index (χ1) is 11.7. The highest BCUT2D eigenvalue weighted by molar-refractivity contribution is 5.85. The van der Waals surface area contributed by atoms with Gasteiger partial charge >= 0.3 is 0 Å². The van der Waals surface area contributed by atoms with Gasteiger partial charge in [-0.2, -0.15) is 0 Å². The molecular weight excluding hydrogens is 342 g/mol. The first kappa shape index (κ1) is 20.9. The second kappa shape index (κ2) is 11.4. The normalized spacial score (nSPS) is 10.3. The average molecular weight is 366 g/mol. The van der Waals surface area contributed by atoms with Gasteiger partial charge in [-0.05, 0) is 24.1 Å². The number of nitrogens with two attached hydrogens (primary N) is 1. The van der Waals surface area contributed by atoms with Gasteiger partial charge in [-0.15, -0.1) is 12.4 Å². The minimum Gasteiger partial charge on any atom is -0.492 e. The topological polar surface area (TPSA) is 81.6 Å². The molecule has 2 aromatic rings. The fourth-order valence-corrected chi connectivity index (χ4v) is 2.41. The Morgan fingerprint density at radius 2 is 1.68 bits per heavy atom. The number of ether oxygens (including phenoxy) is 1. The van der Waals surface area contributed by atoms with Crippen molar-refractivity contribution in [3.8, 4) is 5.75 Å². The van der Waals surface area contributed by atoms with Gasteiger partial charge in [-0.3, -0.25) is 15.0 Å². The van der Waals surface area contributed by atoms with Crippen molar-refractivity contribution >= 4 is 18.1 Å². The predicted octanol–water partition coefficient (Wildman–Crippen LogP) is 2.90. The Hall–Kier alpha value is -2.15. The molecule has 0 saturated heterocycles. The van der Waals surface area contributed by atoms with E-state index >= 15 is 0 Å². The van der Waals surface area contributed by atoms with Crippen LogP contribution in [0.25, 0.3) is 0 Å². The van der Waals surface area contributed by atoms with Crippen LogP contribution in [-0.2, 0) is 6.42 Å². The predicted molar refractivity (Wildman–Crippen MR) is 101 cm³/mol. The number of benzene rings is 2. The molecular formula is C18H24ClN3O3. The van der Waals surface area contributed by atoms with Crippen molar-refractivity contribution in [1.82, 2.24) is 4.90 Å². The Morgan fingerprint density at radius 1 is 1.00 bits per heavy atom. The highest BCUT2D eigenvalue weighted by Gasteiger charge is 2.07. The Bertz CT molecular complexity index is 623. The van der Waals surface area contributed by atoms with Gasteiger partial charge in [0.15, 0.2) is 0 Å². The van der Waals surface area contributed by atoms with Gasteiger partial charge in [0.05, 0.1) is 4.92 Å². The van der Waals surface area contributed by atoms with Crippen molar-refractivity contribution in [2.75, 3.05) is 32.8 Å². The summed E-state index contributed by atoms with van der Waals surface area (Å²) in [5.74, 6) is 0.636. The van der Waals surface area contributed by atoms with Crippen LogP contribution in [0.5, 0.6) is 5.75 Å². The summed E-state index contributed by atoms with van der Waals surface area (Å²) in [6.45, 7) is 3.63. The van der Waals surface area contributed by atoms with E-state index in [-0.39, 0.29) is 18.1 Å². The van der Waals surface area contributed by atoms with Crippen LogP contribution < -0.4 is 10.5 Å². The van der Waals surface area contributed by atoms with Gasteiger partial charge < -0.3 is 10.5 Å². The van der Waals surface area contributed by atoms with E-state index in [1.54, 1.807) is 12.1 Å². The Labute approximate surface area is 154 Å². The summed E-state index contributed by atoms with van der Waals surface area (Å²) < 4.78 is 5.66. The molecule has 0 radical (unpaired) electrons. The maximum atomic E-state index is 10.6. The van der Waals surface area contributed by atoms with Crippen LogP contribution >= 0.6 is 12.4 Å². The molecule has 0 aliphatic rings. The molecule has 6 nitrogen and oxygen atoms in total. The third kappa shape index (κ3) is 7.51. The molecule has 2 rings (SSSR count). The number of hydrogen-bond acceptors (Lipinski definition) is 5. The highest BCUT2D eigenvalue weighted by Crippen LogP contribution is 2.17. The van der Waals surface area contributed by atoms with Crippen LogP contribution in [-0.4, -0.2) is 42.6 Å². The third-order valence-electron chi connectivity index (χ3n) is 3.73. The number of hydrogen-bond donors (Lipinski definition) is 1. The average Bonchev–Trinajstić information content (AvgIpc) is 2.61. The van der Waals surface area contributed by atoms with E-state index in [2.05, 4.69) is 17.0 Å². The zero-order valence-electron chi connectivity index (χ0n) is 14.0. The third-order valence-corrected chi connectivity index (χ3v) is 3.73. The van der Waals surface area contributed by atoms with Crippen molar-refractivity contribution in [3.05, 3.63) is 70.3 Å². The van der Waals surface area contributed by atoms with E-state index in [1.165, 1.54) is 17.7 Å². The number of halogens is 1. The summed E-state index contributed by atoms with van der Waals surface area (Å²) in [4.78, 5) is 12.5. The van der Waals surface area contributed by atoms with Gasteiger partial charge in [0.1, 0.15) is 12.4 Å². The molecule has 0 fully saturated rings. The minimum atomic E-state index is -0.420. The summed E-state index contributed by atoms with van der Waals surface area (Å²) in [7, 11) is 0. The molecule has 136 valence electrons. The van der Waals surface area contributed by atoms with Crippen molar-refractivity contribution in [2.24, 2.45) is 5.73 Å². The fourth-order valence-electron chi connectivity index (χ4n) is 2.41. The Kier molecular flexibility index (Phi) is 9.54. The SMILES string of the molecule is Cl.NCCN(CCOc1ccc([N+](=O)[O-])cc1)CCc1ccccc1. The zero-order chi connectivity index (χ0) is 17.2. The number of nitro groups is 1. The molecule has 0 unspecified atom stereocenters. The van der Waals surface area contributed by atoms with Gasteiger partial charge in [0.25, 0.3) is 5.69 Å². The summed E-state index contributed by atoms with van der Waals surface area (Å²) in [6, 6.07) is 16.5. The molecule has 0 aliphatic carbocycles. The fraction of sp³-hybridized carbons (Fsp3) is 0.333. The second-order valence-electron chi connectivity index (χ2n) is 5.47. The lowest BCUT2D eigenvalue weighted by Crippen LogP contribution is -2.34. The van der Waals surface area contributed by atoms with Crippen LogP contribution in [0.2, 0.25) is 0 Å². The molecule has 0 heterocycles. The first-order valence-corrected chi connectivity index (χ1v) is 8.02. The van der Waals surface area contributed by atoms with E-state index in [0.717, 1.165) is 26.1 Å². The Balaban J connectivity index is 0.00000312. The van der Waals surface area contributed by atoms with Crippen LogP contribution in [0.4, 0.5) is 5.69 Å². The molecule has 25 heavy (non-hydrogen) atoms. The molecule has 0 spiro atoms. The first-order valence-electron chi connectivity index (χ1n) is 8.02. The smallest absolute Gasteiger partial charge is 0.269 e. The summed E-state index contributed by atoms with van der Waals surface area (Å²) in [5, 5.41) is 10.6. The quantitative estimate of drug-likeness (QED) is 0.517. The molecule has 0 saturated carbocycles. The van der Waals surface area contributed by atoms with E-state index < -0.39 is 4.92 Å². The lowest BCUT2D eigenvalue weighted by Gasteiger charge is -2.21. The molecule has 0 aromatic heterocycles. The molecule has 7 heteroatoms. The zero-order valence-corrected chi connectivity index (χ0v) is 14.9. The van der Waals surface area contributed by atoms with Crippen LogP contribution in [0.3, 0.4) is 0 Å². The van der Waals surface area contributed by atoms with E-state index in [4.69, 9.17) is 10.5 Å². The molecule has 2 aromatic carbocycles. The number of non-ortho nitro benzene ring substituents is 1. The van der Waals surface area contributed by atoms with Crippen molar-refractivity contribution in [2.45, 2.75) is 6.42 Å². The van der Waals surface area contributed by atoms with E-state index in [1.807, 2.05) is 18.2 Å². The number of rotatable bonds is 10. The number of nitrogens with zero attached hydrogens (tertiary/aromatic N) is 2. The number of nitro benzene ring substituents is 1. The Morgan fingerprint density at radius 3 is 2.28 bits per heavy atom. The monoisotopic (exact) mass is 365 g/mol. The van der Waals surface area contributed by atoms with Gasteiger partial charge in [0.2, 0.25) is 0 Å². The van der Waals surface area contributed by atoms with Crippen molar-refractivity contribution in [3.63, 3.8) is 0 Å². The second-order valence-corrected chi connectivity index (χ2v) is 5.47. The summed E-state index contributed by atoms with van der Waals surface area (Å²) in [6.07, 6.45) is 0.971. The largest absolute Gasteiger partial charge is 0.492 e. The highest BCUT2D eigenvalue weighted by atomic mass is 35.5. The lowest BCUT2D eigenvalue weighted by atomic mass is 10.1. The molecule has 0 aliphatic heterocycles. The summed E-state index contributed by atoms with van der Waals surface area (Å²) in [5.41, 5.74) is 7.05. The minimum absolute atomic E-state index is 0. The molecule has 0 atom stereocenters. The van der Waals surface area contributed by atoms with E-state index in [0.29, 0.717) is 18.9 Å². The van der Waals surface area contributed by atoms with E-state index in [9.17, 15) is 10.1 Å². The molecule has 2 N–H and O–H groups in total.